The fourth-order valence-electron chi connectivity index (χ4n) is 1.96. The predicted octanol–water partition coefficient (Wildman–Crippen LogP) is 4.04. The zero-order chi connectivity index (χ0) is 14.0. The number of halogens is 1. The van der Waals surface area contributed by atoms with Crippen LogP contribution in [0, 0.1) is 26.6 Å². The van der Waals surface area contributed by atoms with Crippen molar-refractivity contribution < 1.29 is 14.2 Å². The minimum Gasteiger partial charge on any atom is -0.456 e. The molecule has 100 valence electrons. The Labute approximate surface area is 112 Å². The standard InChI is InChI=1S/C16H17FO2/c1-10-4-5-11(2)16(12(10)3)19-15-7-6-14(17)8-13(15)9-18/h4-8,18H,9H2,1-3H3. The molecule has 0 amide bonds. The number of aryl methyl sites for hydroxylation is 2. The summed E-state index contributed by atoms with van der Waals surface area (Å²) in [6, 6.07) is 8.18. The Morgan fingerprint density at radius 3 is 2.42 bits per heavy atom. The Hall–Kier alpha value is -1.87. The number of rotatable bonds is 3. The lowest BCUT2D eigenvalue weighted by Crippen LogP contribution is -1.97. The summed E-state index contributed by atoms with van der Waals surface area (Å²) >= 11 is 0. The SMILES string of the molecule is Cc1ccc(C)c(Oc2ccc(F)cc2CO)c1C. The molecule has 0 saturated carbocycles. The van der Waals surface area contributed by atoms with Gasteiger partial charge in [-0.2, -0.15) is 0 Å². The Morgan fingerprint density at radius 2 is 1.74 bits per heavy atom. The zero-order valence-electron chi connectivity index (χ0n) is 11.3. The first-order valence-corrected chi connectivity index (χ1v) is 6.17. The Balaban J connectivity index is 2.44. The lowest BCUT2D eigenvalue weighted by molar-refractivity contribution is 0.275. The van der Waals surface area contributed by atoms with Crippen LogP contribution in [0.5, 0.6) is 11.5 Å². The van der Waals surface area contributed by atoms with Crippen LogP contribution in [0.1, 0.15) is 22.3 Å². The summed E-state index contributed by atoms with van der Waals surface area (Å²) in [5, 5.41) is 9.27. The quantitative estimate of drug-likeness (QED) is 0.902. The summed E-state index contributed by atoms with van der Waals surface area (Å²) in [4.78, 5) is 0. The van der Waals surface area contributed by atoms with E-state index >= 15 is 0 Å². The molecule has 2 aromatic carbocycles. The van der Waals surface area contributed by atoms with Gasteiger partial charge in [0.05, 0.1) is 6.61 Å². The number of hydrogen-bond acceptors (Lipinski definition) is 2. The largest absolute Gasteiger partial charge is 0.456 e. The highest BCUT2D eigenvalue weighted by Crippen LogP contribution is 2.32. The van der Waals surface area contributed by atoms with Crippen LogP contribution in [0.25, 0.3) is 0 Å². The van der Waals surface area contributed by atoms with Gasteiger partial charge in [0.2, 0.25) is 0 Å². The van der Waals surface area contributed by atoms with Crippen molar-refractivity contribution in [2.45, 2.75) is 27.4 Å². The summed E-state index contributed by atoms with van der Waals surface area (Å²) in [7, 11) is 0. The molecule has 0 spiro atoms. The number of ether oxygens (including phenoxy) is 1. The summed E-state index contributed by atoms with van der Waals surface area (Å²) in [5.41, 5.74) is 3.64. The molecule has 0 aliphatic heterocycles. The molecule has 0 heterocycles. The van der Waals surface area contributed by atoms with Gasteiger partial charge in [0.15, 0.2) is 0 Å². The number of aliphatic hydroxyl groups excluding tert-OH is 1. The van der Waals surface area contributed by atoms with Gasteiger partial charge < -0.3 is 9.84 Å². The maximum atomic E-state index is 13.1. The second kappa shape index (κ2) is 5.41. The third-order valence-electron chi connectivity index (χ3n) is 3.28. The molecule has 0 aliphatic rings. The van der Waals surface area contributed by atoms with Crippen molar-refractivity contribution in [1.82, 2.24) is 0 Å². The maximum absolute atomic E-state index is 13.1. The molecule has 2 nitrogen and oxygen atoms in total. The maximum Gasteiger partial charge on any atom is 0.133 e. The highest BCUT2D eigenvalue weighted by molar-refractivity contribution is 5.48. The first-order chi connectivity index (χ1) is 9.02. The van der Waals surface area contributed by atoms with Gasteiger partial charge in [0, 0.05) is 5.56 Å². The first kappa shape index (κ1) is 13.6. The number of hydrogen-bond donors (Lipinski definition) is 1. The average Bonchev–Trinajstić information content (AvgIpc) is 2.40. The molecule has 1 N–H and O–H groups in total. The fourth-order valence-corrected chi connectivity index (χ4v) is 1.96. The smallest absolute Gasteiger partial charge is 0.133 e. The average molecular weight is 260 g/mol. The topological polar surface area (TPSA) is 29.5 Å². The van der Waals surface area contributed by atoms with Gasteiger partial charge >= 0.3 is 0 Å². The number of aliphatic hydroxyl groups is 1. The van der Waals surface area contributed by atoms with Crippen molar-refractivity contribution >= 4 is 0 Å². The van der Waals surface area contributed by atoms with Crippen LogP contribution in [-0.4, -0.2) is 5.11 Å². The van der Waals surface area contributed by atoms with Gasteiger partial charge in [-0.25, -0.2) is 4.39 Å². The van der Waals surface area contributed by atoms with E-state index in [1.54, 1.807) is 6.07 Å². The third-order valence-corrected chi connectivity index (χ3v) is 3.28. The minimum atomic E-state index is -0.380. The van der Waals surface area contributed by atoms with Crippen LogP contribution in [0.3, 0.4) is 0 Å². The summed E-state index contributed by atoms with van der Waals surface area (Å²) < 4.78 is 19.0. The first-order valence-electron chi connectivity index (χ1n) is 6.17. The van der Waals surface area contributed by atoms with Crippen LogP contribution in [0.2, 0.25) is 0 Å². The van der Waals surface area contributed by atoms with Crippen molar-refractivity contribution in [2.24, 2.45) is 0 Å². The van der Waals surface area contributed by atoms with E-state index in [9.17, 15) is 9.50 Å². The van der Waals surface area contributed by atoms with E-state index in [4.69, 9.17) is 4.74 Å². The summed E-state index contributed by atoms with van der Waals surface area (Å²) in [6.45, 7) is 5.71. The van der Waals surface area contributed by atoms with Crippen molar-refractivity contribution in [3.8, 4) is 11.5 Å². The van der Waals surface area contributed by atoms with Crippen molar-refractivity contribution in [3.05, 3.63) is 58.4 Å². The fraction of sp³-hybridized carbons (Fsp3) is 0.250. The predicted molar refractivity (Wildman–Crippen MR) is 73.0 cm³/mol. The van der Waals surface area contributed by atoms with Crippen molar-refractivity contribution in [2.75, 3.05) is 0 Å². The lowest BCUT2D eigenvalue weighted by atomic mass is 10.1. The second-order valence-corrected chi connectivity index (χ2v) is 4.67. The molecule has 0 fully saturated rings. The summed E-state index contributed by atoms with van der Waals surface area (Å²) in [6.07, 6.45) is 0. The molecule has 0 unspecified atom stereocenters. The molecule has 0 bridgehead atoms. The molecule has 2 aromatic rings. The van der Waals surface area contributed by atoms with Gasteiger partial charge in [-0.1, -0.05) is 12.1 Å². The molecule has 19 heavy (non-hydrogen) atoms. The van der Waals surface area contributed by atoms with E-state index in [1.165, 1.54) is 12.1 Å². The van der Waals surface area contributed by atoms with E-state index in [1.807, 2.05) is 32.9 Å². The zero-order valence-corrected chi connectivity index (χ0v) is 11.3. The van der Waals surface area contributed by atoms with Crippen molar-refractivity contribution in [1.29, 1.82) is 0 Å². The molecular formula is C16H17FO2. The third kappa shape index (κ3) is 2.76. The molecule has 2 rings (SSSR count). The monoisotopic (exact) mass is 260 g/mol. The molecular weight excluding hydrogens is 243 g/mol. The van der Waals surface area contributed by atoms with Crippen LogP contribution < -0.4 is 4.74 Å². The van der Waals surface area contributed by atoms with Gasteiger partial charge in [-0.15, -0.1) is 0 Å². The Bertz CT molecular complexity index is 606. The Morgan fingerprint density at radius 1 is 1.05 bits per heavy atom. The lowest BCUT2D eigenvalue weighted by Gasteiger charge is -2.15. The van der Waals surface area contributed by atoms with Gasteiger partial charge in [-0.3, -0.25) is 0 Å². The van der Waals surface area contributed by atoms with Gasteiger partial charge in [0.25, 0.3) is 0 Å². The van der Waals surface area contributed by atoms with Crippen LogP contribution in [0.15, 0.2) is 30.3 Å². The molecule has 0 aliphatic carbocycles. The number of benzene rings is 2. The normalized spacial score (nSPS) is 10.6. The molecule has 0 atom stereocenters. The van der Waals surface area contributed by atoms with Crippen molar-refractivity contribution in [3.63, 3.8) is 0 Å². The highest BCUT2D eigenvalue weighted by atomic mass is 19.1. The Kier molecular flexibility index (Phi) is 3.86. The van der Waals surface area contributed by atoms with Crippen LogP contribution >= 0.6 is 0 Å². The van der Waals surface area contributed by atoms with E-state index < -0.39 is 0 Å². The van der Waals surface area contributed by atoms with E-state index in [0.717, 1.165) is 22.4 Å². The minimum absolute atomic E-state index is 0.253. The van der Waals surface area contributed by atoms with Crippen LogP contribution in [-0.2, 0) is 6.61 Å². The second-order valence-electron chi connectivity index (χ2n) is 4.67. The molecule has 0 radical (unpaired) electrons. The van der Waals surface area contributed by atoms with Crippen LogP contribution in [0.4, 0.5) is 4.39 Å². The molecule has 0 saturated heterocycles. The van der Waals surface area contributed by atoms with E-state index in [0.29, 0.717) is 11.3 Å². The molecule has 0 aromatic heterocycles. The molecule has 3 heteroatoms. The van der Waals surface area contributed by atoms with E-state index in [2.05, 4.69) is 0 Å². The van der Waals surface area contributed by atoms with Gasteiger partial charge in [0.1, 0.15) is 17.3 Å². The van der Waals surface area contributed by atoms with E-state index in [-0.39, 0.29) is 12.4 Å². The van der Waals surface area contributed by atoms with Gasteiger partial charge in [-0.05, 0) is 55.7 Å². The highest BCUT2D eigenvalue weighted by Gasteiger charge is 2.11. The summed E-state index contributed by atoms with van der Waals surface area (Å²) in [5.74, 6) is 0.871.